The second-order valence-corrected chi connectivity index (χ2v) is 13.9. The Bertz CT molecular complexity index is 1330. The third-order valence-corrected chi connectivity index (χ3v) is 9.19. The molecular formula is C32H43N2O10P. The summed E-state index contributed by atoms with van der Waals surface area (Å²) in [6, 6.07) is 15.7. The normalized spacial score (nSPS) is 17.6. The van der Waals surface area contributed by atoms with Crippen molar-refractivity contribution in [1.82, 2.24) is 4.90 Å². The molecule has 0 bridgehead atoms. The number of aliphatic carboxylic acids is 1. The summed E-state index contributed by atoms with van der Waals surface area (Å²) in [6.45, 7) is 4.58. The number of amides is 1. The molecule has 1 fully saturated rings. The smallest absolute Gasteiger partial charge is 0.374 e. The van der Waals surface area contributed by atoms with Crippen LogP contribution in [0.2, 0.25) is 0 Å². The highest BCUT2D eigenvalue weighted by atomic mass is 31.2. The molecule has 0 aliphatic carbocycles. The van der Waals surface area contributed by atoms with Gasteiger partial charge in [-0.05, 0) is 77.1 Å². The molecule has 0 saturated carbocycles. The van der Waals surface area contributed by atoms with Crippen molar-refractivity contribution in [3.8, 4) is 0 Å². The van der Waals surface area contributed by atoms with Crippen molar-refractivity contribution in [3.63, 3.8) is 0 Å². The second kappa shape index (κ2) is 16.7. The quantitative estimate of drug-likeness (QED) is 0.111. The molecule has 12 nitrogen and oxygen atoms in total. The Morgan fingerprint density at radius 3 is 2.27 bits per heavy atom. The maximum atomic E-state index is 14.9. The van der Waals surface area contributed by atoms with E-state index < -0.39 is 61.6 Å². The number of hydrogen-bond acceptors (Lipinski definition) is 10. The highest BCUT2D eigenvalue weighted by Gasteiger charge is 2.46. The van der Waals surface area contributed by atoms with Crippen LogP contribution in [0.4, 0.5) is 0 Å². The Balaban J connectivity index is 2.02. The highest BCUT2D eigenvalue weighted by Crippen LogP contribution is 2.56. The van der Waals surface area contributed by atoms with E-state index in [4.69, 9.17) is 24.3 Å². The molecule has 2 unspecified atom stereocenters. The summed E-state index contributed by atoms with van der Waals surface area (Å²) in [5, 5.41) is 9.72. The molecule has 1 heterocycles. The number of benzene rings is 2. The topological polar surface area (TPSA) is 172 Å². The van der Waals surface area contributed by atoms with Crippen molar-refractivity contribution < 1.29 is 47.4 Å². The van der Waals surface area contributed by atoms with Crippen LogP contribution in [0.15, 0.2) is 60.7 Å². The molecular weight excluding hydrogens is 603 g/mol. The van der Waals surface area contributed by atoms with Gasteiger partial charge >= 0.3 is 25.5 Å². The third-order valence-electron chi connectivity index (χ3n) is 7.18. The number of likely N-dealkylation sites (tertiary alicyclic amines) is 1. The summed E-state index contributed by atoms with van der Waals surface area (Å²) < 4.78 is 37.7. The van der Waals surface area contributed by atoms with Crippen molar-refractivity contribution >= 4 is 31.4 Å². The molecule has 0 aromatic heterocycles. The third kappa shape index (κ3) is 10.5. The molecule has 4 atom stereocenters. The summed E-state index contributed by atoms with van der Waals surface area (Å²) >= 11 is 0. The molecule has 2 aromatic rings. The Kier molecular flexibility index (Phi) is 13.3. The Labute approximate surface area is 263 Å². The first kappa shape index (κ1) is 35.9. The van der Waals surface area contributed by atoms with Crippen LogP contribution in [0.3, 0.4) is 0 Å². The zero-order valence-electron chi connectivity index (χ0n) is 26.0. The second-order valence-electron chi connectivity index (χ2n) is 11.8. The Morgan fingerprint density at radius 2 is 1.67 bits per heavy atom. The summed E-state index contributed by atoms with van der Waals surface area (Å²) in [5.74, 6) is -4.87. The number of nitrogens with zero attached hydrogens (tertiary/aromatic N) is 1. The first-order valence-corrected chi connectivity index (χ1v) is 16.6. The van der Waals surface area contributed by atoms with Gasteiger partial charge in [0.05, 0.1) is 11.0 Å². The van der Waals surface area contributed by atoms with Crippen LogP contribution in [-0.2, 0) is 43.9 Å². The summed E-state index contributed by atoms with van der Waals surface area (Å²) in [7, 11) is -4.67. The molecule has 0 spiro atoms. The van der Waals surface area contributed by atoms with Crippen molar-refractivity contribution in [2.75, 3.05) is 19.9 Å². The van der Waals surface area contributed by atoms with Crippen LogP contribution in [-0.4, -0.2) is 71.7 Å². The van der Waals surface area contributed by atoms with E-state index in [1.807, 2.05) is 0 Å². The molecule has 3 N–H and O–H groups in total. The Morgan fingerprint density at radius 1 is 1.02 bits per heavy atom. The maximum Gasteiger partial charge on any atom is 0.374 e. The fraction of sp³-hybridized carbons (Fsp3) is 0.500. The molecule has 45 heavy (non-hydrogen) atoms. The SMILES string of the molecule is CC(C)(C)C(=O)OCOP(=O)(O[C@@H](CCCCN)C(=O)N1CCC[C@H]1C(=O)O)C(Cc1ccccc1)OC(=O)c1ccccc1. The predicted molar refractivity (Wildman–Crippen MR) is 165 cm³/mol. The monoisotopic (exact) mass is 646 g/mol. The standard InChI is InChI=1S/C32H43N2O10P/c1-32(2,3)31(39)41-22-42-45(40,44-26(18-10-11-19-33)28(35)34-20-12-17-25(34)29(36)37)27(21-23-13-6-4-7-14-23)43-30(38)24-15-8-5-9-16-24/h4-9,13-16,25-27H,10-12,17-22,33H2,1-3H3,(H,36,37)/t25-,26-,27?,45?/m0/s1. The number of carboxylic acids is 1. The minimum Gasteiger partial charge on any atom is -0.480 e. The van der Waals surface area contributed by atoms with Crippen molar-refractivity contribution in [1.29, 1.82) is 0 Å². The van der Waals surface area contributed by atoms with E-state index in [1.54, 1.807) is 69.3 Å². The molecule has 2 aromatic carbocycles. The van der Waals surface area contributed by atoms with E-state index in [1.165, 1.54) is 17.0 Å². The largest absolute Gasteiger partial charge is 0.480 e. The number of ether oxygens (including phenoxy) is 2. The summed E-state index contributed by atoms with van der Waals surface area (Å²) in [4.78, 5) is 52.7. The van der Waals surface area contributed by atoms with Gasteiger partial charge in [-0.3, -0.25) is 23.2 Å². The lowest BCUT2D eigenvalue weighted by Crippen LogP contribution is -2.46. The lowest BCUT2D eigenvalue weighted by molar-refractivity contribution is -0.161. The number of rotatable bonds is 16. The lowest BCUT2D eigenvalue weighted by atomic mass is 9.98. The van der Waals surface area contributed by atoms with E-state index in [0.29, 0.717) is 31.4 Å². The van der Waals surface area contributed by atoms with Crippen LogP contribution in [0.25, 0.3) is 0 Å². The molecule has 246 valence electrons. The van der Waals surface area contributed by atoms with Gasteiger partial charge in [-0.25, -0.2) is 9.59 Å². The number of unbranched alkanes of at least 4 members (excludes halogenated alkanes) is 1. The van der Waals surface area contributed by atoms with Crippen LogP contribution in [0.5, 0.6) is 0 Å². The average molecular weight is 647 g/mol. The van der Waals surface area contributed by atoms with E-state index in [0.717, 1.165) is 0 Å². The minimum absolute atomic E-state index is 0.0404. The average Bonchev–Trinajstić information content (AvgIpc) is 3.51. The summed E-state index contributed by atoms with van der Waals surface area (Å²) in [5.41, 5.74) is 5.58. The highest BCUT2D eigenvalue weighted by molar-refractivity contribution is 7.54. The van der Waals surface area contributed by atoms with Gasteiger partial charge in [0.15, 0.2) is 0 Å². The van der Waals surface area contributed by atoms with Crippen molar-refractivity contribution in [2.45, 2.75) is 77.3 Å². The fourth-order valence-electron chi connectivity index (χ4n) is 4.70. The fourth-order valence-corrected chi connectivity index (χ4v) is 6.47. The summed E-state index contributed by atoms with van der Waals surface area (Å²) in [6.07, 6.45) is 0.132. The maximum absolute atomic E-state index is 14.9. The first-order valence-electron chi connectivity index (χ1n) is 15.0. The molecule has 13 heteroatoms. The van der Waals surface area contributed by atoms with Gasteiger partial charge in [-0.15, -0.1) is 0 Å². The number of hydrogen-bond donors (Lipinski definition) is 2. The van der Waals surface area contributed by atoms with Crippen LogP contribution in [0.1, 0.15) is 68.8 Å². The molecule has 1 aliphatic rings. The first-order chi connectivity index (χ1) is 21.4. The van der Waals surface area contributed by atoms with E-state index in [-0.39, 0.29) is 31.4 Å². The van der Waals surface area contributed by atoms with E-state index in [2.05, 4.69) is 0 Å². The van der Waals surface area contributed by atoms with Gasteiger partial charge in [-0.1, -0.05) is 48.5 Å². The Hall–Kier alpha value is -3.57. The number of carboxylic acid groups (broad SMARTS) is 1. The van der Waals surface area contributed by atoms with Gasteiger partial charge < -0.3 is 25.2 Å². The molecule has 1 amide bonds. The van der Waals surface area contributed by atoms with Gasteiger partial charge in [0, 0.05) is 13.0 Å². The van der Waals surface area contributed by atoms with Gasteiger partial charge in [-0.2, -0.15) is 0 Å². The number of esters is 2. The van der Waals surface area contributed by atoms with Gasteiger partial charge in [0.2, 0.25) is 12.6 Å². The number of nitrogens with two attached hydrogens (primary N) is 1. The van der Waals surface area contributed by atoms with Crippen LogP contribution < -0.4 is 5.73 Å². The number of carbonyl (C=O) groups is 4. The molecule has 1 saturated heterocycles. The van der Waals surface area contributed by atoms with Crippen molar-refractivity contribution in [2.24, 2.45) is 11.1 Å². The van der Waals surface area contributed by atoms with Crippen LogP contribution >= 0.6 is 7.60 Å². The minimum atomic E-state index is -4.67. The zero-order valence-corrected chi connectivity index (χ0v) is 26.9. The molecule has 1 aliphatic heterocycles. The predicted octanol–water partition coefficient (Wildman–Crippen LogP) is 4.76. The molecule has 3 rings (SSSR count). The zero-order chi connectivity index (χ0) is 33.0. The number of carbonyl (C=O) groups excluding carboxylic acids is 3. The van der Waals surface area contributed by atoms with Crippen LogP contribution in [0, 0.1) is 5.41 Å². The van der Waals surface area contributed by atoms with E-state index >= 15 is 0 Å². The van der Waals surface area contributed by atoms with Gasteiger partial charge in [0.1, 0.15) is 12.1 Å². The van der Waals surface area contributed by atoms with Crippen molar-refractivity contribution in [3.05, 3.63) is 71.8 Å². The lowest BCUT2D eigenvalue weighted by Gasteiger charge is -2.32. The van der Waals surface area contributed by atoms with Gasteiger partial charge in [0.25, 0.3) is 5.91 Å². The van der Waals surface area contributed by atoms with E-state index in [9.17, 15) is 28.8 Å². The molecule has 0 radical (unpaired) electrons.